The van der Waals surface area contributed by atoms with E-state index in [9.17, 15) is 0 Å². The average molecular weight is 1200 g/mol. The summed E-state index contributed by atoms with van der Waals surface area (Å²) in [6, 6.07) is 68.9. The number of thiophene rings is 4. The highest BCUT2D eigenvalue weighted by Gasteiger charge is 2.51. The van der Waals surface area contributed by atoms with Crippen molar-refractivity contribution in [1.82, 2.24) is 0 Å². The molecule has 0 unspecified atom stereocenters. The van der Waals surface area contributed by atoms with Crippen molar-refractivity contribution in [1.29, 1.82) is 0 Å². The molecule has 0 radical (unpaired) electrons. The summed E-state index contributed by atoms with van der Waals surface area (Å²) in [5.74, 6) is 0. The molecule has 8 heterocycles. The number of hydrogen-bond acceptors (Lipinski definition) is 8. The summed E-state index contributed by atoms with van der Waals surface area (Å²) in [6.07, 6.45) is 0. The van der Waals surface area contributed by atoms with Crippen LogP contribution in [0.1, 0.15) is 79.0 Å². The number of benzene rings is 9. The Hall–Kier alpha value is -8.44. The maximum Gasteiger partial charge on any atom is 0.342 e. The normalized spacial score (nSPS) is 13.5. The van der Waals surface area contributed by atoms with Crippen LogP contribution in [0.5, 0.6) is 0 Å². The van der Waals surface area contributed by atoms with Gasteiger partial charge < -0.3 is 18.6 Å². The number of anilines is 6. The molecule has 0 atom stereocenters. The molecule has 0 N–H and O–H groups in total. The fraction of sp³-hybridized carbons (Fsp3) is 0.154. The van der Waals surface area contributed by atoms with Gasteiger partial charge in [-0.15, -0.1) is 45.3 Å². The second-order valence-corrected chi connectivity index (χ2v) is 30.6. The average Bonchev–Trinajstić information content (AvgIpc) is 1.64. The molecule has 2 aliphatic rings. The van der Waals surface area contributed by atoms with E-state index in [0.717, 1.165) is 72.8 Å². The summed E-state index contributed by atoms with van der Waals surface area (Å²) in [5.41, 5.74) is 23.9. The van der Waals surface area contributed by atoms with Crippen molar-refractivity contribution in [2.24, 2.45) is 0 Å². The highest BCUT2D eigenvalue weighted by molar-refractivity contribution is 7.18. The third-order valence-corrected chi connectivity index (χ3v) is 22.2. The van der Waals surface area contributed by atoms with Gasteiger partial charge in [-0.3, -0.25) is 0 Å². The van der Waals surface area contributed by atoms with Gasteiger partial charge in [-0.25, -0.2) is 0 Å². The quantitative estimate of drug-likeness (QED) is 0.155. The summed E-state index contributed by atoms with van der Waals surface area (Å²) in [6.45, 7) is 20.6. The molecular weight excluding hydrogens is 1140 g/mol. The zero-order valence-electron chi connectivity index (χ0n) is 50.1. The van der Waals surface area contributed by atoms with Crippen LogP contribution in [-0.2, 0) is 16.2 Å². The van der Waals surface area contributed by atoms with Crippen LogP contribution in [0.3, 0.4) is 0 Å². The predicted octanol–water partition coefficient (Wildman–Crippen LogP) is 22.7. The van der Waals surface area contributed by atoms with Crippen LogP contribution in [0.15, 0.2) is 212 Å². The Balaban J connectivity index is 1.02. The van der Waals surface area contributed by atoms with Gasteiger partial charge in [0, 0.05) is 96.1 Å². The Morgan fingerprint density at radius 1 is 0.333 bits per heavy atom. The van der Waals surface area contributed by atoms with E-state index in [1.807, 2.05) is 45.3 Å². The van der Waals surface area contributed by atoms with Crippen LogP contribution >= 0.6 is 45.3 Å². The molecular formula is C78H61BN2O2S4. The van der Waals surface area contributed by atoms with E-state index in [1.165, 1.54) is 102 Å². The highest BCUT2D eigenvalue weighted by atomic mass is 32.1. The van der Waals surface area contributed by atoms with E-state index in [4.69, 9.17) is 8.83 Å². The van der Waals surface area contributed by atoms with Crippen molar-refractivity contribution in [2.75, 3.05) is 9.80 Å². The first-order chi connectivity index (χ1) is 42.0. The molecule has 4 nitrogen and oxygen atoms in total. The topological polar surface area (TPSA) is 32.8 Å². The van der Waals surface area contributed by atoms with Gasteiger partial charge in [0.15, 0.2) is 0 Å². The molecule has 2 aliphatic heterocycles. The maximum atomic E-state index is 7.65. The second kappa shape index (κ2) is 19.0. The lowest BCUT2D eigenvalue weighted by atomic mass is 9.37. The minimum absolute atomic E-state index is 0.130. The Labute approximate surface area is 523 Å². The van der Waals surface area contributed by atoms with Crippen molar-refractivity contribution in [3.63, 3.8) is 0 Å². The zero-order valence-corrected chi connectivity index (χ0v) is 53.3. The summed E-state index contributed by atoms with van der Waals surface area (Å²) < 4.78 is 20.4. The Kier molecular flexibility index (Phi) is 11.6. The molecule has 0 bridgehead atoms. The second-order valence-electron chi connectivity index (χ2n) is 27.0. The fourth-order valence-electron chi connectivity index (χ4n) is 13.8. The molecule has 0 amide bonds. The molecule has 17 rings (SSSR count). The van der Waals surface area contributed by atoms with Crippen LogP contribution in [0.2, 0.25) is 0 Å². The minimum atomic E-state index is -0.411. The molecule has 6 aromatic heterocycles. The predicted molar refractivity (Wildman–Crippen MR) is 379 cm³/mol. The largest absolute Gasteiger partial charge is 0.468 e. The first kappa shape index (κ1) is 52.9. The van der Waals surface area contributed by atoms with E-state index >= 15 is 0 Å². The summed E-state index contributed by atoms with van der Waals surface area (Å²) >= 11 is 7.25. The number of nitrogens with zero attached hydrogens (tertiary/aromatic N) is 2. The van der Waals surface area contributed by atoms with Crippen LogP contribution in [0, 0.1) is 0 Å². The molecule has 0 saturated heterocycles. The van der Waals surface area contributed by atoms with Gasteiger partial charge in [0.2, 0.25) is 0 Å². The number of fused-ring (bicyclic) bond motifs is 12. The van der Waals surface area contributed by atoms with Gasteiger partial charge in [-0.05, 0) is 179 Å². The smallest absolute Gasteiger partial charge is 0.342 e. The lowest BCUT2D eigenvalue weighted by Crippen LogP contribution is -2.60. The molecule has 0 aliphatic carbocycles. The van der Waals surface area contributed by atoms with Crippen molar-refractivity contribution in [3.05, 3.63) is 220 Å². The summed E-state index contributed by atoms with van der Waals surface area (Å²) in [7, 11) is 0. The Morgan fingerprint density at radius 2 is 0.655 bits per heavy atom. The third kappa shape index (κ3) is 8.26. The number of furan rings is 2. The molecule has 9 heteroatoms. The van der Waals surface area contributed by atoms with E-state index in [1.54, 1.807) is 0 Å². The van der Waals surface area contributed by atoms with Crippen molar-refractivity contribution in [3.8, 4) is 44.5 Å². The molecule has 0 fully saturated rings. The standard InChI is InChI=1S/C78H61BN2O2S4/c1-76(2,3)48-26-28-65-57(36-48)72-74(82-65)79-71-63(80(72)51-32-44(59-40-84-67-22-14-10-18-53(59)67)30-45(33-51)60-41-85-68-23-15-11-19-54(60)68)38-50(78(7,8)9)39-64(71)81(73-58-37-49(77(4,5)6)27-29-66(58)83-75(73)79)52-34-46(61-42-86-69-24-16-12-20-55(61)69)31-47(35-52)62-43-87-70-25-17-13-21-56(62)70/h10-43H,1-9H3. The zero-order chi connectivity index (χ0) is 59.0. The van der Waals surface area contributed by atoms with Crippen LogP contribution in [0.4, 0.5) is 34.1 Å². The van der Waals surface area contributed by atoms with E-state index in [2.05, 4.69) is 276 Å². The van der Waals surface area contributed by atoms with Crippen molar-refractivity contribution >= 4 is 165 Å². The van der Waals surface area contributed by atoms with Gasteiger partial charge in [0.1, 0.15) is 22.5 Å². The SMILES string of the molecule is CC(C)(C)c1cc2c3c(c1)N(c1cc(-c4csc5ccccc45)cc(-c4csc5ccccc45)c1)c1c(oc4ccc(C(C)(C)C)cc14)B3c1oc3ccc(C(C)(C)C)cc3c1N2c1cc(-c2csc3ccccc23)cc(-c2csc3ccccc23)c1. The first-order valence-electron chi connectivity index (χ1n) is 30.1. The minimum Gasteiger partial charge on any atom is -0.468 e. The van der Waals surface area contributed by atoms with Crippen molar-refractivity contribution in [2.45, 2.75) is 78.6 Å². The van der Waals surface area contributed by atoms with Gasteiger partial charge in [-0.1, -0.05) is 147 Å². The van der Waals surface area contributed by atoms with Crippen LogP contribution < -0.4 is 26.6 Å². The summed E-state index contributed by atoms with van der Waals surface area (Å²) in [4.78, 5) is 5.18. The van der Waals surface area contributed by atoms with Crippen LogP contribution in [0.25, 0.3) is 107 Å². The fourth-order valence-corrected chi connectivity index (χ4v) is 17.7. The Morgan fingerprint density at radius 3 is 0.977 bits per heavy atom. The van der Waals surface area contributed by atoms with E-state index in [0.29, 0.717) is 0 Å². The summed E-state index contributed by atoms with van der Waals surface area (Å²) in [5, 5.41) is 16.6. The van der Waals surface area contributed by atoms with Gasteiger partial charge in [0.25, 0.3) is 0 Å². The highest BCUT2D eigenvalue weighted by Crippen LogP contribution is 2.54. The molecule has 0 spiro atoms. The van der Waals surface area contributed by atoms with E-state index < -0.39 is 6.71 Å². The third-order valence-electron chi connectivity index (χ3n) is 18.4. The molecule has 9 aromatic carbocycles. The van der Waals surface area contributed by atoms with Gasteiger partial charge >= 0.3 is 6.71 Å². The molecule has 0 saturated carbocycles. The van der Waals surface area contributed by atoms with Crippen molar-refractivity contribution < 1.29 is 8.83 Å². The maximum absolute atomic E-state index is 7.65. The number of hydrogen-bond donors (Lipinski definition) is 0. The molecule has 15 aromatic rings. The lowest BCUT2D eigenvalue weighted by Gasteiger charge is -2.42. The van der Waals surface area contributed by atoms with Crippen LogP contribution in [-0.4, -0.2) is 6.71 Å². The lowest BCUT2D eigenvalue weighted by molar-refractivity contribution is 0.590. The number of rotatable bonds is 6. The van der Waals surface area contributed by atoms with Gasteiger partial charge in [-0.2, -0.15) is 0 Å². The van der Waals surface area contributed by atoms with Gasteiger partial charge in [0.05, 0.1) is 11.4 Å². The molecule has 87 heavy (non-hydrogen) atoms. The first-order valence-corrected chi connectivity index (χ1v) is 33.6. The monoisotopic (exact) mass is 1200 g/mol. The molecule has 422 valence electrons. The van der Waals surface area contributed by atoms with E-state index in [-0.39, 0.29) is 16.2 Å². The Bertz CT molecular complexity index is 4840.